The summed E-state index contributed by atoms with van der Waals surface area (Å²) < 4.78 is 21.3. The van der Waals surface area contributed by atoms with Crippen molar-refractivity contribution in [1.82, 2.24) is 25.5 Å². The smallest absolute Gasteiger partial charge is 0.134 e. The summed E-state index contributed by atoms with van der Waals surface area (Å²) in [5, 5.41) is 12.1. The molecule has 0 unspecified atom stereocenters. The zero-order valence-electron chi connectivity index (χ0n) is 21.5. The monoisotopic (exact) mass is 521 g/mol. The Morgan fingerprint density at radius 3 is 2.65 bits per heavy atom. The Kier molecular flexibility index (Phi) is 9.25. The molecule has 37 heavy (non-hydrogen) atoms. The molecule has 0 saturated heterocycles. The second-order valence-electron chi connectivity index (χ2n) is 9.16. The van der Waals surface area contributed by atoms with Gasteiger partial charge in [0.25, 0.3) is 0 Å². The molecule has 194 valence electrons. The number of H-pyrrole nitrogens is 1. The van der Waals surface area contributed by atoms with Crippen LogP contribution in [0.25, 0.3) is 22.8 Å². The zero-order valence-corrected chi connectivity index (χ0v) is 22.2. The van der Waals surface area contributed by atoms with Crippen molar-refractivity contribution in [1.29, 1.82) is 0 Å². The lowest BCUT2D eigenvalue weighted by Gasteiger charge is -2.17. The summed E-state index contributed by atoms with van der Waals surface area (Å²) in [7, 11) is 0. The number of aromatic nitrogens is 4. The van der Waals surface area contributed by atoms with E-state index in [1.165, 1.54) is 6.08 Å². The van der Waals surface area contributed by atoms with Crippen LogP contribution in [-0.2, 0) is 6.54 Å². The van der Waals surface area contributed by atoms with E-state index in [2.05, 4.69) is 39.3 Å². The third-order valence-corrected chi connectivity index (χ3v) is 6.64. The predicted molar refractivity (Wildman–Crippen MR) is 148 cm³/mol. The number of nitrogens with zero attached hydrogens (tertiary/aromatic N) is 3. The van der Waals surface area contributed by atoms with Crippen LogP contribution < -0.4 is 10.1 Å². The van der Waals surface area contributed by atoms with Gasteiger partial charge in [-0.1, -0.05) is 38.3 Å². The molecular weight excluding hydrogens is 489 g/mol. The highest BCUT2D eigenvalue weighted by Gasteiger charge is 2.14. The summed E-state index contributed by atoms with van der Waals surface area (Å²) >= 11 is 6.25. The molecule has 0 spiro atoms. The summed E-state index contributed by atoms with van der Waals surface area (Å²) in [6.45, 7) is 6.99. The van der Waals surface area contributed by atoms with Gasteiger partial charge < -0.3 is 10.1 Å². The van der Waals surface area contributed by atoms with E-state index in [9.17, 15) is 0 Å². The fourth-order valence-corrected chi connectivity index (χ4v) is 4.62. The lowest BCUT2D eigenvalue weighted by atomic mass is 10.1. The molecule has 2 N–H and O–H groups in total. The number of hydrogen-bond donors (Lipinski definition) is 2. The van der Waals surface area contributed by atoms with E-state index >= 15 is 4.39 Å². The van der Waals surface area contributed by atoms with Crippen LogP contribution in [-0.4, -0.2) is 26.2 Å². The average molecular weight is 522 g/mol. The first kappa shape index (κ1) is 26.8. The zero-order chi connectivity index (χ0) is 26.2. The van der Waals surface area contributed by atoms with Gasteiger partial charge >= 0.3 is 0 Å². The second kappa shape index (κ2) is 12.8. The van der Waals surface area contributed by atoms with Crippen LogP contribution in [0.15, 0.2) is 55.0 Å². The van der Waals surface area contributed by atoms with Crippen LogP contribution in [0.3, 0.4) is 0 Å². The number of pyridine rings is 2. The van der Waals surface area contributed by atoms with Crippen molar-refractivity contribution in [3.05, 3.63) is 82.5 Å². The Morgan fingerprint density at radius 2 is 1.95 bits per heavy atom. The number of benzene rings is 1. The molecule has 0 radical (unpaired) electrons. The van der Waals surface area contributed by atoms with Crippen LogP contribution in [0, 0.1) is 0 Å². The van der Waals surface area contributed by atoms with Crippen molar-refractivity contribution in [3.8, 4) is 5.75 Å². The van der Waals surface area contributed by atoms with Gasteiger partial charge in [0.1, 0.15) is 17.7 Å². The van der Waals surface area contributed by atoms with E-state index in [-0.39, 0.29) is 6.10 Å². The van der Waals surface area contributed by atoms with Crippen molar-refractivity contribution in [2.24, 2.45) is 0 Å². The normalized spacial score (nSPS) is 12.9. The van der Waals surface area contributed by atoms with Gasteiger partial charge in [-0.05, 0) is 56.2 Å². The van der Waals surface area contributed by atoms with Crippen molar-refractivity contribution < 1.29 is 9.13 Å². The first-order valence-electron chi connectivity index (χ1n) is 12.8. The van der Waals surface area contributed by atoms with Crippen molar-refractivity contribution in [3.63, 3.8) is 0 Å². The summed E-state index contributed by atoms with van der Waals surface area (Å²) in [4.78, 5) is 8.48. The largest absolute Gasteiger partial charge is 0.486 e. The van der Waals surface area contributed by atoms with Crippen LogP contribution in [0.2, 0.25) is 5.02 Å². The summed E-state index contributed by atoms with van der Waals surface area (Å²) in [6.07, 6.45) is 10.6. The molecule has 3 aromatic heterocycles. The molecule has 1 atom stereocenters. The summed E-state index contributed by atoms with van der Waals surface area (Å²) in [5.41, 5.74) is 3.42. The highest BCUT2D eigenvalue weighted by molar-refractivity contribution is 6.31. The van der Waals surface area contributed by atoms with Gasteiger partial charge in [0.2, 0.25) is 0 Å². The Bertz CT molecular complexity index is 1330. The minimum atomic E-state index is -0.393. The number of nitrogens with one attached hydrogen (secondary N) is 2. The van der Waals surface area contributed by atoms with E-state index in [0.29, 0.717) is 40.1 Å². The Morgan fingerprint density at radius 1 is 1.14 bits per heavy atom. The second-order valence-corrected chi connectivity index (χ2v) is 9.57. The third kappa shape index (κ3) is 6.93. The SMILES string of the molecule is CCCC(CCC)NCc1ccc(/C(F)=C/c2[nH]nc3ccc(O[C@H](C)c4ccncc4Cl)cc23)cn1. The molecular formula is C29H33ClFN5O. The number of fused-ring (bicyclic) bond motifs is 1. The van der Waals surface area contributed by atoms with E-state index in [4.69, 9.17) is 16.3 Å². The molecule has 0 aliphatic rings. The molecule has 0 aliphatic carbocycles. The number of rotatable bonds is 12. The highest BCUT2D eigenvalue weighted by Crippen LogP contribution is 2.30. The molecule has 0 aliphatic heterocycles. The minimum absolute atomic E-state index is 0.283. The van der Waals surface area contributed by atoms with Crippen LogP contribution in [0.4, 0.5) is 4.39 Å². The molecule has 0 fully saturated rings. The minimum Gasteiger partial charge on any atom is -0.486 e. The molecule has 6 nitrogen and oxygen atoms in total. The van der Waals surface area contributed by atoms with Crippen LogP contribution >= 0.6 is 11.6 Å². The fourth-order valence-electron chi connectivity index (χ4n) is 4.35. The highest BCUT2D eigenvalue weighted by atomic mass is 35.5. The molecule has 0 bridgehead atoms. The number of halogens is 2. The number of hydrogen-bond acceptors (Lipinski definition) is 5. The van der Waals surface area contributed by atoms with Gasteiger partial charge in [-0.2, -0.15) is 5.10 Å². The Hall–Kier alpha value is -3.29. The van der Waals surface area contributed by atoms with Gasteiger partial charge in [-0.25, -0.2) is 4.39 Å². The number of aromatic amines is 1. The third-order valence-electron chi connectivity index (χ3n) is 6.33. The average Bonchev–Trinajstić information content (AvgIpc) is 3.29. The lowest BCUT2D eigenvalue weighted by molar-refractivity contribution is 0.227. The molecule has 4 aromatic rings. The molecule has 3 heterocycles. The van der Waals surface area contributed by atoms with Crippen molar-refractivity contribution >= 4 is 34.4 Å². The quantitative estimate of drug-likeness (QED) is 0.200. The van der Waals surface area contributed by atoms with Crippen molar-refractivity contribution in [2.45, 2.75) is 65.1 Å². The van der Waals surface area contributed by atoms with Gasteiger partial charge in [-0.15, -0.1) is 0 Å². The van der Waals surface area contributed by atoms with Gasteiger partial charge in [0, 0.05) is 53.8 Å². The summed E-state index contributed by atoms with van der Waals surface area (Å²) in [6, 6.07) is 11.5. The lowest BCUT2D eigenvalue weighted by Crippen LogP contribution is -2.28. The maximum Gasteiger partial charge on any atom is 0.134 e. The molecule has 0 amide bonds. The first-order valence-corrected chi connectivity index (χ1v) is 13.2. The summed E-state index contributed by atoms with van der Waals surface area (Å²) in [5.74, 6) is 0.239. The Labute approximate surface area is 222 Å². The van der Waals surface area contributed by atoms with Crippen molar-refractivity contribution in [2.75, 3.05) is 0 Å². The van der Waals surface area contributed by atoms with E-state index < -0.39 is 5.83 Å². The number of ether oxygens (including phenoxy) is 1. The van der Waals surface area contributed by atoms with Gasteiger partial charge in [0.05, 0.1) is 21.9 Å². The van der Waals surface area contributed by atoms with Crippen LogP contribution in [0.1, 0.15) is 75.1 Å². The topological polar surface area (TPSA) is 75.7 Å². The molecule has 4 rings (SSSR count). The molecule has 1 aromatic carbocycles. The van der Waals surface area contributed by atoms with E-state index in [0.717, 1.165) is 42.3 Å². The maximum absolute atomic E-state index is 15.2. The standard InChI is InChI=1S/C29H33ClFN5O/c1-4-6-21(7-5-2)34-17-22-9-8-20(16-33-22)27(31)15-29-25-14-23(10-11-28(25)35-36-29)37-19(3)24-12-13-32-18-26(24)30/h8-16,18-19,21,34H,4-7,17H2,1-3H3,(H,35,36)/b27-15-/t19-/m1/s1. The predicted octanol–water partition coefficient (Wildman–Crippen LogP) is 7.67. The Balaban J connectivity index is 1.47. The van der Waals surface area contributed by atoms with E-state index in [1.54, 1.807) is 24.7 Å². The van der Waals surface area contributed by atoms with Gasteiger partial charge in [-0.3, -0.25) is 15.1 Å². The first-order chi connectivity index (χ1) is 18.0. The molecule has 0 saturated carbocycles. The fraction of sp³-hybridized carbons (Fsp3) is 0.345. The van der Waals surface area contributed by atoms with E-state index in [1.807, 2.05) is 37.3 Å². The maximum atomic E-state index is 15.2. The molecule has 8 heteroatoms. The van der Waals surface area contributed by atoms with Crippen LogP contribution in [0.5, 0.6) is 5.75 Å². The van der Waals surface area contributed by atoms with Gasteiger partial charge in [0.15, 0.2) is 0 Å².